The quantitative estimate of drug-likeness (QED) is 0.420. The lowest BCUT2D eigenvalue weighted by molar-refractivity contribution is 0.141. The maximum absolute atomic E-state index is 2.38. The predicted molar refractivity (Wildman–Crippen MR) is 106 cm³/mol. The second-order valence-corrected chi connectivity index (χ2v) is 8.69. The van der Waals surface area contributed by atoms with E-state index in [2.05, 4.69) is 41.5 Å². The second-order valence-electron chi connectivity index (χ2n) is 8.69. The minimum absolute atomic E-state index is 0.570. The zero-order valence-corrected chi connectivity index (χ0v) is 17.8. The van der Waals surface area contributed by atoms with Gasteiger partial charge in [0.2, 0.25) is 0 Å². The molecule has 2 rings (SSSR count). The summed E-state index contributed by atoms with van der Waals surface area (Å²) in [5.41, 5.74) is 1.17. The number of hydrogen-bond donors (Lipinski definition) is 0. The summed E-state index contributed by atoms with van der Waals surface area (Å²) < 4.78 is 0. The van der Waals surface area contributed by atoms with Gasteiger partial charge in [-0.2, -0.15) is 0 Å². The standard InChI is InChI=1S/C10H20.C8H16.2C2H6/c1-10(2,3)9-7-5-4-6-8-9;1-8(2,3)7-5-4-6-7;2*1-2/h9H,4-8H2,1-3H3;7H,4-6H2,1-3H3;2*1-2H3. The van der Waals surface area contributed by atoms with Crippen molar-refractivity contribution in [3.63, 3.8) is 0 Å². The molecule has 0 spiro atoms. The van der Waals surface area contributed by atoms with Crippen LogP contribution < -0.4 is 0 Å². The van der Waals surface area contributed by atoms with E-state index < -0.39 is 0 Å². The van der Waals surface area contributed by atoms with Crippen LogP contribution in [0.15, 0.2) is 0 Å². The molecular weight excluding hydrogens is 264 g/mol. The highest BCUT2D eigenvalue weighted by molar-refractivity contribution is 4.80. The van der Waals surface area contributed by atoms with Crippen molar-refractivity contribution >= 4 is 0 Å². The van der Waals surface area contributed by atoms with E-state index in [-0.39, 0.29) is 0 Å². The highest BCUT2D eigenvalue weighted by atomic mass is 14.3. The fourth-order valence-corrected chi connectivity index (χ4v) is 3.24. The average Bonchev–Trinajstić information content (AvgIpc) is 2.40. The molecule has 0 heteroatoms. The molecule has 0 amide bonds. The lowest BCUT2D eigenvalue weighted by Gasteiger charge is -2.37. The van der Waals surface area contributed by atoms with Crippen LogP contribution in [0.25, 0.3) is 0 Å². The van der Waals surface area contributed by atoms with Gasteiger partial charge in [0.25, 0.3) is 0 Å². The summed E-state index contributed by atoms with van der Waals surface area (Å²) in [6.45, 7) is 22.2. The molecule has 0 nitrogen and oxygen atoms in total. The summed E-state index contributed by atoms with van der Waals surface area (Å²) >= 11 is 0. The van der Waals surface area contributed by atoms with E-state index >= 15 is 0 Å². The van der Waals surface area contributed by atoms with Crippen LogP contribution in [0.5, 0.6) is 0 Å². The maximum Gasteiger partial charge on any atom is -0.0354 e. The van der Waals surface area contributed by atoms with Crippen LogP contribution in [-0.2, 0) is 0 Å². The lowest BCUT2D eigenvalue weighted by atomic mass is 9.69. The minimum atomic E-state index is 0.570. The van der Waals surface area contributed by atoms with E-state index in [1.54, 1.807) is 0 Å². The van der Waals surface area contributed by atoms with Gasteiger partial charge in [-0.15, -0.1) is 0 Å². The first kappa shape index (κ1) is 24.3. The maximum atomic E-state index is 2.38. The Hall–Kier alpha value is 0. The highest BCUT2D eigenvalue weighted by Gasteiger charge is 2.29. The Morgan fingerprint density at radius 3 is 0.864 bits per heavy atom. The third-order valence-electron chi connectivity index (χ3n) is 5.16. The molecule has 0 aromatic carbocycles. The Morgan fingerprint density at radius 2 is 0.727 bits per heavy atom. The van der Waals surface area contributed by atoms with E-state index in [0.29, 0.717) is 10.8 Å². The van der Waals surface area contributed by atoms with Crippen LogP contribution in [-0.4, -0.2) is 0 Å². The average molecular weight is 313 g/mol. The van der Waals surface area contributed by atoms with Crippen LogP contribution in [0.2, 0.25) is 0 Å². The third-order valence-corrected chi connectivity index (χ3v) is 5.16. The van der Waals surface area contributed by atoms with Gasteiger partial charge in [0.05, 0.1) is 0 Å². The number of rotatable bonds is 0. The Labute approximate surface area is 143 Å². The van der Waals surface area contributed by atoms with E-state index in [1.165, 1.54) is 51.4 Å². The monoisotopic (exact) mass is 312 g/mol. The van der Waals surface area contributed by atoms with Crippen molar-refractivity contribution in [1.82, 2.24) is 0 Å². The van der Waals surface area contributed by atoms with Gasteiger partial charge in [-0.3, -0.25) is 0 Å². The van der Waals surface area contributed by atoms with E-state index in [9.17, 15) is 0 Å². The molecule has 0 N–H and O–H groups in total. The van der Waals surface area contributed by atoms with Gasteiger partial charge in [-0.1, -0.05) is 94.9 Å². The van der Waals surface area contributed by atoms with Crippen molar-refractivity contribution in [2.24, 2.45) is 22.7 Å². The molecule has 0 atom stereocenters. The normalized spacial score (nSPS) is 19.4. The first-order valence-corrected chi connectivity index (χ1v) is 10.2. The number of hydrogen-bond acceptors (Lipinski definition) is 0. The molecule has 22 heavy (non-hydrogen) atoms. The minimum Gasteiger partial charge on any atom is -0.0683 e. The van der Waals surface area contributed by atoms with Gasteiger partial charge in [-0.25, -0.2) is 0 Å². The smallest absolute Gasteiger partial charge is 0.0354 e. The Bertz CT molecular complexity index is 215. The molecule has 0 heterocycles. The molecule has 0 aliphatic heterocycles. The molecule has 2 aliphatic rings. The predicted octanol–water partition coefficient (Wildman–Crippen LogP) is 8.50. The molecule has 0 bridgehead atoms. The van der Waals surface area contributed by atoms with Gasteiger partial charge in [0.15, 0.2) is 0 Å². The van der Waals surface area contributed by atoms with Crippen LogP contribution in [0.1, 0.15) is 121 Å². The first-order valence-electron chi connectivity index (χ1n) is 10.2. The molecule has 2 aliphatic carbocycles. The van der Waals surface area contributed by atoms with Gasteiger partial charge in [0, 0.05) is 0 Å². The first-order chi connectivity index (χ1) is 10.2. The summed E-state index contributed by atoms with van der Waals surface area (Å²) in [7, 11) is 0. The molecule has 0 aromatic heterocycles. The summed E-state index contributed by atoms with van der Waals surface area (Å²) in [5, 5.41) is 0. The van der Waals surface area contributed by atoms with E-state index in [0.717, 1.165) is 11.8 Å². The van der Waals surface area contributed by atoms with Crippen molar-refractivity contribution in [2.45, 2.75) is 121 Å². The highest BCUT2D eigenvalue weighted by Crippen LogP contribution is 2.40. The van der Waals surface area contributed by atoms with Crippen LogP contribution in [0.3, 0.4) is 0 Å². The summed E-state index contributed by atoms with van der Waals surface area (Å²) in [4.78, 5) is 0. The zero-order chi connectivity index (χ0) is 17.8. The molecule has 2 saturated carbocycles. The van der Waals surface area contributed by atoms with Crippen molar-refractivity contribution in [3.8, 4) is 0 Å². The SMILES string of the molecule is CC.CC.CC(C)(C)C1CCC1.CC(C)(C)C1CCCCC1. The molecular formula is C22H48. The fraction of sp³-hybridized carbons (Fsp3) is 1.00. The largest absolute Gasteiger partial charge is 0.0683 e. The van der Waals surface area contributed by atoms with Gasteiger partial charge in [-0.05, 0) is 48.3 Å². The summed E-state index contributed by atoms with van der Waals surface area (Å²) in [6.07, 6.45) is 11.8. The third kappa shape index (κ3) is 10.7. The molecule has 136 valence electrons. The lowest BCUT2D eigenvalue weighted by Crippen LogP contribution is -2.26. The Balaban J connectivity index is 0. The zero-order valence-electron chi connectivity index (χ0n) is 17.8. The molecule has 0 unspecified atom stereocenters. The van der Waals surface area contributed by atoms with Gasteiger partial charge >= 0.3 is 0 Å². The van der Waals surface area contributed by atoms with Gasteiger partial charge in [0.1, 0.15) is 0 Å². The van der Waals surface area contributed by atoms with Crippen LogP contribution >= 0.6 is 0 Å². The molecule has 0 radical (unpaired) electrons. The summed E-state index contributed by atoms with van der Waals surface area (Å²) in [6, 6.07) is 0. The van der Waals surface area contributed by atoms with Crippen LogP contribution in [0.4, 0.5) is 0 Å². The van der Waals surface area contributed by atoms with Crippen molar-refractivity contribution < 1.29 is 0 Å². The molecule has 0 saturated heterocycles. The topological polar surface area (TPSA) is 0 Å². The second kappa shape index (κ2) is 12.4. The van der Waals surface area contributed by atoms with Crippen molar-refractivity contribution in [3.05, 3.63) is 0 Å². The Kier molecular flexibility index (Phi) is 13.7. The van der Waals surface area contributed by atoms with Gasteiger partial charge < -0.3 is 0 Å². The van der Waals surface area contributed by atoms with E-state index in [1.807, 2.05) is 27.7 Å². The van der Waals surface area contributed by atoms with Crippen molar-refractivity contribution in [1.29, 1.82) is 0 Å². The fourth-order valence-electron chi connectivity index (χ4n) is 3.24. The van der Waals surface area contributed by atoms with Crippen molar-refractivity contribution in [2.75, 3.05) is 0 Å². The summed E-state index contributed by atoms with van der Waals surface area (Å²) in [5.74, 6) is 2.03. The Morgan fingerprint density at radius 1 is 0.455 bits per heavy atom. The molecule has 0 aromatic rings. The molecule has 2 fully saturated rings. The van der Waals surface area contributed by atoms with Crippen LogP contribution in [0, 0.1) is 22.7 Å². The van der Waals surface area contributed by atoms with E-state index in [4.69, 9.17) is 0 Å².